The number of aliphatic hydroxyl groups is 7. The number of rotatable bonds is 46. The normalized spacial score (nSPS) is 22.3. The van der Waals surface area contributed by atoms with Crippen molar-refractivity contribution >= 4 is 13.7 Å². The van der Waals surface area contributed by atoms with Gasteiger partial charge in [-0.15, -0.1) is 0 Å². The lowest BCUT2D eigenvalue weighted by Gasteiger charge is -2.41. The number of nitrogens with one attached hydrogen (secondary N) is 1. The summed E-state index contributed by atoms with van der Waals surface area (Å²) >= 11 is 0. The minimum absolute atomic E-state index is 0.262. The Morgan fingerprint density at radius 2 is 0.855 bits per heavy atom. The fourth-order valence-electron chi connectivity index (χ4n) is 8.62. The van der Waals surface area contributed by atoms with Crippen LogP contribution >= 0.6 is 7.82 Å². The molecule has 1 aliphatic rings. The van der Waals surface area contributed by atoms with Crippen molar-refractivity contribution < 1.29 is 59.0 Å². The summed E-state index contributed by atoms with van der Waals surface area (Å²) in [6.45, 7) is 3.75. The van der Waals surface area contributed by atoms with E-state index in [1.54, 1.807) is 6.08 Å². The lowest BCUT2D eigenvalue weighted by molar-refractivity contribution is -0.220. The fraction of sp³-hybridized carbons (Fsp3) is 0.836. The molecule has 1 saturated carbocycles. The zero-order chi connectivity index (χ0) is 50.8. The molecule has 0 radical (unpaired) electrons. The smallest absolute Gasteiger partial charge is 0.393 e. The van der Waals surface area contributed by atoms with E-state index in [0.717, 1.165) is 64.2 Å². The van der Waals surface area contributed by atoms with Crippen molar-refractivity contribution in [3.63, 3.8) is 0 Å². The summed E-state index contributed by atoms with van der Waals surface area (Å²) in [7, 11) is -5.16. The van der Waals surface area contributed by atoms with Crippen molar-refractivity contribution in [2.24, 2.45) is 0 Å². The molecule has 8 unspecified atom stereocenters. The van der Waals surface area contributed by atoms with Gasteiger partial charge in [-0.3, -0.25) is 13.8 Å². The molecule has 404 valence electrons. The van der Waals surface area contributed by atoms with Gasteiger partial charge in [0.05, 0.1) is 31.3 Å². The quantitative estimate of drug-likeness (QED) is 0.0158. The third kappa shape index (κ3) is 35.1. The van der Waals surface area contributed by atoms with Crippen LogP contribution in [0.5, 0.6) is 0 Å². The average Bonchev–Trinajstić information content (AvgIpc) is 3.32. The third-order valence-electron chi connectivity index (χ3n) is 13.1. The molecule has 1 amide bonds. The number of hydrogen-bond acceptors (Lipinski definition) is 11. The summed E-state index contributed by atoms with van der Waals surface area (Å²) in [6.07, 6.45) is 40.5. The van der Waals surface area contributed by atoms with Crippen molar-refractivity contribution in [2.75, 3.05) is 6.61 Å². The van der Waals surface area contributed by atoms with Crippen molar-refractivity contribution in [2.45, 2.75) is 287 Å². The summed E-state index contributed by atoms with van der Waals surface area (Å²) in [5, 5.41) is 74.7. The Morgan fingerprint density at radius 1 is 0.507 bits per heavy atom. The van der Waals surface area contributed by atoms with Gasteiger partial charge in [-0.2, -0.15) is 0 Å². The maximum Gasteiger partial charge on any atom is 0.472 e. The van der Waals surface area contributed by atoms with Gasteiger partial charge in [-0.05, 0) is 70.6 Å². The highest BCUT2D eigenvalue weighted by molar-refractivity contribution is 7.47. The highest BCUT2D eigenvalue weighted by atomic mass is 31.2. The largest absolute Gasteiger partial charge is 0.472 e. The van der Waals surface area contributed by atoms with Gasteiger partial charge in [0.25, 0.3) is 0 Å². The molecule has 0 aromatic rings. The predicted molar refractivity (Wildman–Crippen MR) is 280 cm³/mol. The molecule has 0 spiro atoms. The van der Waals surface area contributed by atoms with E-state index in [4.69, 9.17) is 9.05 Å². The summed E-state index contributed by atoms with van der Waals surface area (Å²) in [5.41, 5.74) is 0. The second-order valence-corrected chi connectivity index (χ2v) is 21.0. The number of hydrogen-bond donors (Lipinski definition) is 9. The standard InChI is InChI=1S/C55H102NO12P/c1-3-5-7-9-11-13-15-17-19-21-23-24-25-26-28-30-32-34-36-38-40-42-46(57)44-49(59)56-47(45-67-69(65,66)68-55-53(63)51(61)50(60)52(62)54(55)64)48(58)43-41-39-37-35-33-31-29-27-22-20-18-16-14-12-10-8-6-4-2/h22,26-28,33,35,41,43,46-48,50-55,57-58,60-64H,3-21,23-25,29-32,34,36-40,42,44-45H2,1-2H3,(H,56,59)(H,65,66)/b27-22+,28-26-,35-33+,43-41+. The van der Waals surface area contributed by atoms with Crippen LogP contribution < -0.4 is 5.32 Å². The van der Waals surface area contributed by atoms with E-state index in [-0.39, 0.29) is 6.42 Å². The van der Waals surface area contributed by atoms with E-state index in [9.17, 15) is 50.0 Å². The molecule has 1 fully saturated rings. The summed E-state index contributed by atoms with van der Waals surface area (Å²) in [4.78, 5) is 23.5. The number of carbonyl (C=O) groups excluding carboxylic acids is 1. The Bertz CT molecular complexity index is 1360. The van der Waals surface area contributed by atoms with Crippen LogP contribution in [0.15, 0.2) is 48.6 Å². The van der Waals surface area contributed by atoms with Crippen LogP contribution in [0.1, 0.15) is 232 Å². The first-order valence-corrected chi connectivity index (χ1v) is 29.2. The van der Waals surface area contributed by atoms with Gasteiger partial charge in [0.1, 0.15) is 36.6 Å². The molecule has 0 aromatic carbocycles. The van der Waals surface area contributed by atoms with Crippen molar-refractivity contribution in [3.8, 4) is 0 Å². The Labute approximate surface area is 419 Å². The Morgan fingerprint density at radius 3 is 1.28 bits per heavy atom. The molecule has 9 N–H and O–H groups in total. The Hall–Kier alpha value is -1.74. The molecule has 69 heavy (non-hydrogen) atoms. The zero-order valence-electron chi connectivity index (χ0n) is 43.2. The predicted octanol–water partition coefficient (Wildman–Crippen LogP) is 11.0. The van der Waals surface area contributed by atoms with E-state index >= 15 is 0 Å². The van der Waals surface area contributed by atoms with E-state index < -0.39 is 75.2 Å². The van der Waals surface area contributed by atoms with Gasteiger partial charge < -0.3 is 46.0 Å². The molecule has 0 aliphatic heterocycles. The van der Waals surface area contributed by atoms with Gasteiger partial charge in [0.15, 0.2) is 0 Å². The average molecular weight is 1000 g/mol. The first kappa shape index (κ1) is 65.3. The number of carbonyl (C=O) groups is 1. The third-order valence-corrected chi connectivity index (χ3v) is 14.1. The minimum Gasteiger partial charge on any atom is -0.393 e. The first-order chi connectivity index (χ1) is 33.3. The summed E-state index contributed by atoms with van der Waals surface area (Å²) in [6, 6.07) is -1.27. The molecule has 0 saturated heterocycles. The molecule has 13 nitrogen and oxygen atoms in total. The maximum atomic E-state index is 13.1. The molecular formula is C55H102NO12P. The van der Waals surface area contributed by atoms with Crippen LogP contribution in [-0.4, -0.2) is 108 Å². The second kappa shape index (κ2) is 43.8. The monoisotopic (exact) mass is 1000 g/mol. The molecular weight excluding hydrogens is 898 g/mol. The Kier molecular flexibility index (Phi) is 41.4. The molecule has 1 aliphatic carbocycles. The van der Waals surface area contributed by atoms with Gasteiger partial charge in [-0.1, -0.05) is 204 Å². The minimum atomic E-state index is -5.16. The number of phosphoric acid groups is 1. The SMILES string of the molecule is CCCCCCCCCC/C=C/CC/C=C/CC/C=C/C(O)C(COP(=O)(O)OC1C(O)C(O)C(O)C(O)C1O)NC(=O)CC(O)CCCCCCC/C=C\CCCCCCCCCCCCCC. The summed E-state index contributed by atoms with van der Waals surface area (Å²) in [5.74, 6) is -0.610. The number of amides is 1. The highest BCUT2D eigenvalue weighted by Crippen LogP contribution is 2.47. The van der Waals surface area contributed by atoms with Crippen LogP contribution in [0.2, 0.25) is 0 Å². The lowest BCUT2D eigenvalue weighted by atomic mass is 9.85. The van der Waals surface area contributed by atoms with Crippen LogP contribution in [0.4, 0.5) is 0 Å². The molecule has 0 heterocycles. The molecule has 8 atom stereocenters. The summed E-state index contributed by atoms with van der Waals surface area (Å²) < 4.78 is 22.9. The zero-order valence-corrected chi connectivity index (χ0v) is 44.1. The number of phosphoric ester groups is 1. The second-order valence-electron chi connectivity index (χ2n) is 19.6. The van der Waals surface area contributed by atoms with Crippen LogP contribution in [0.3, 0.4) is 0 Å². The first-order valence-electron chi connectivity index (χ1n) is 27.7. The number of allylic oxidation sites excluding steroid dienone is 7. The lowest BCUT2D eigenvalue weighted by Crippen LogP contribution is -2.64. The number of aliphatic hydroxyl groups excluding tert-OH is 7. The van der Waals surface area contributed by atoms with E-state index in [0.29, 0.717) is 19.3 Å². The Balaban J connectivity index is 2.48. The van der Waals surface area contributed by atoms with Crippen molar-refractivity contribution in [1.82, 2.24) is 5.32 Å². The highest BCUT2D eigenvalue weighted by Gasteiger charge is 2.51. The molecule has 0 aromatic heterocycles. The maximum absolute atomic E-state index is 13.1. The topological polar surface area (TPSA) is 226 Å². The molecule has 1 rings (SSSR count). The van der Waals surface area contributed by atoms with E-state index in [1.807, 2.05) is 0 Å². The number of unbranched alkanes of at least 4 members (excludes halogenated alkanes) is 27. The van der Waals surface area contributed by atoms with E-state index in [1.165, 1.54) is 134 Å². The van der Waals surface area contributed by atoms with Crippen LogP contribution in [0, 0.1) is 0 Å². The van der Waals surface area contributed by atoms with Gasteiger partial charge in [-0.25, -0.2) is 4.57 Å². The molecule has 0 bridgehead atoms. The van der Waals surface area contributed by atoms with Crippen molar-refractivity contribution in [3.05, 3.63) is 48.6 Å². The van der Waals surface area contributed by atoms with Crippen LogP contribution in [0.25, 0.3) is 0 Å². The van der Waals surface area contributed by atoms with E-state index in [2.05, 4.69) is 55.6 Å². The van der Waals surface area contributed by atoms with Gasteiger partial charge >= 0.3 is 7.82 Å². The van der Waals surface area contributed by atoms with Gasteiger partial charge in [0, 0.05) is 0 Å². The fourth-order valence-corrected chi connectivity index (χ4v) is 9.59. The van der Waals surface area contributed by atoms with Crippen LogP contribution in [-0.2, 0) is 18.4 Å². The molecule has 14 heteroatoms. The van der Waals surface area contributed by atoms with Crippen molar-refractivity contribution in [1.29, 1.82) is 0 Å². The van der Waals surface area contributed by atoms with Gasteiger partial charge in [0.2, 0.25) is 5.91 Å².